The van der Waals surface area contributed by atoms with E-state index in [9.17, 15) is 4.79 Å². The van der Waals surface area contributed by atoms with Crippen molar-refractivity contribution in [3.05, 3.63) is 95.8 Å². The van der Waals surface area contributed by atoms with E-state index < -0.39 is 0 Å². The van der Waals surface area contributed by atoms with Crippen molar-refractivity contribution < 1.29 is 9.63 Å². The minimum Gasteiger partial charge on any atom is -0.380 e. The van der Waals surface area contributed by atoms with Crippen LogP contribution in [0, 0.1) is 0 Å². The normalized spacial score (nSPS) is 10.4. The molecule has 1 amide bonds. The minimum atomic E-state index is -0.277. The molecule has 0 aliphatic rings. The molecule has 28 heavy (non-hydrogen) atoms. The van der Waals surface area contributed by atoms with Crippen LogP contribution in [0.25, 0.3) is 0 Å². The van der Waals surface area contributed by atoms with Gasteiger partial charge in [0.2, 0.25) is 0 Å². The van der Waals surface area contributed by atoms with Gasteiger partial charge in [-0.15, -0.1) is 0 Å². The van der Waals surface area contributed by atoms with Crippen molar-refractivity contribution >= 4 is 11.6 Å². The smallest absolute Gasteiger partial charge is 0.276 e. The average molecular weight is 376 g/mol. The Labute approximate surface area is 164 Å². The number of carbonyl (C=O) groups is 1. The van der Waals surface area contributed by atoms with Crippen molar-refractivity contribution in [3.8, 4) is 0 Å². The van der Waals surface area contributed by atoms with Gasteiger partial charge in [0.1, 0.15) is 0 Å². The summed E-state index contributed by atoms with van der Waals surface area (Å²) in [6.45, 7) is 2.39. The van der Waals surface area contributed by atoms with E-state index in [1.807, 2.05) is 48.5 Å². The van der Waals surface area contributed by atoms with Gasteiger partial charge in [-0.3, -0.25) is 14.6 Å². The predicted octanol–water partition coefficient (Wildman–Crippen LogP) is 3.14. The number of nitrogens with one attached hydrogen (secondary N) is 3. The second kappa shape index (κ2) is 10.8. The van der Waals surface area contributed by atoms with Gasteiger partial charge < -0.3 is 10.6 Å². The summed E-state index contributed by atoms with van der Waals surface area (Å²) in [5.41, 5.74) is 6.09. The van der Waals surface area contributed by atoms with Gasteiger partial charge in [-0.1, -0.05) is 42.5 Å². The molecule has 0 saturated heterocycles. The molecule has 3 N–H and O–H groups in total. The van der Waals surface area contributed by atoms with Crippen LogP contribution in [0.4, 0.5) is 5.69 Å². The molecular weight excluding hydrogens is 352 g/mol. The topological polar surface area (TPSA) is 75.3 Å². The van der Waals surface area contributed by atoms with E-state index in [4.69, 9.17) is 4.84 Å². The number of carbonyl (C=O) groups excluding carboxylic acids is 1. The van der Waals surface area contributed by atoms with Crippen LogP contribution in [0.1, 0.15) is 21.5 Å². The van der Waals surface area contributed by atoms with Crippen molar-refractivity contribution in [1.29, 1.82) is 0 Å². The molecule has 2 aromatic carbocycles. The van der Waals surface area contributed by atoms with Crippen LogP contribution in [0.15, 0.2) is 79.1 Å². The van der Waals surface area contributed by atoms with Gasteiger partial charge in [0.15, 0.2) is 0 Å². The molecule has 3 aromatic rings. The van der Waals surface area contributed by atoms with E-state index in [1.54, 1.807) is 18.5 Å². The lowest BCUT2D eigenvalue weighted by Crippen LogP contribution is -2.29. The van der Waals surface area contributed by atoms with Crippen LogP contribution >= 0.6 is 0 Å². The maximum Gasteiger partial charge on any atom is 0.276 e. The number of pyridine rings is 1. The van der Waals surface area contributed by atoms with Crippen molar-refractivity contribution in [2.24, 2.45) is 0 Å². The molecule has 0 atom stereocenters. The first-order chi connectivity index (χ1) is 13.8. The Kier molecular flexibility index (Phi) is 7.55. The fourth-order valence-electron chi connectivity index (χ4n) is 2.66. The van der Waals surface area contributed by atoms with Crippen LogP contribution in [-0.4, -0.2) is 24.0 Å². The Balaban J connectivity index is 1.41. The molecule has 0 bridgehead atoms. The first-order valence-corrected chi connectivity index (χ1v) is 9.21. The second-order valence-corrected chi connectivity index (χ2v) is 6.20. The van der Waals surface area contributed by atoms with Gasteiger partial charge in [0.25, 0.3) is 5.91 Å². The van der Waals surface area contributed by atoms with E-state index >= 15 is 0 Å². The number of amides is 1. The van der Waals surface area contributed by atoms with Crippen LogP contribution < -0.4 is 16.1 Å². The number of anilines is 1. The Hall–Kier alpha value is -3.22. The number of aromatic nitrogens is 1. The molecule has 144 valence electrons. The fourth-order valence-corrected chi connectivity index (χ4v) is 2.66. The van der Waals surface area contributed by atoms with Gasteiger partial charge in [0, 0.05) is 37.7 Å². The van der Waals surface area contributed by atoms with Gasteiger partial charge in [-0.25, -0.2) is 5.48 Å². The van der Waals surface area contributed by atoms with Gasteiger partial charge in [-0.2, -0.15) is 0 Å². The summed E-state index contributed by atoms with van der Waals surface area (Å²) in [6.07, 6.45) is 3.49. The molecule has 1 aromatic heterocycles. The second-order valence-electron chi connectivity index (χ2n) is 6.20. The van der Waals surface area contributed by atoms with Gasteiger partial charge >= 0.3 is 0 Å². The number of hydrogen-bond donors (Lipinski definition) is 3. The number of benzene rings is 2. The Morgan fingerprint density at radius 2 is 1.57 bits per heavy atom. The molecule has 0 aliphatic carbocycles. The monoisotopic (exact) mass is 376 g/mol. The summed E-state index contributed by atoms with van der Waals surface area (Å²) in [5.74, 6) is -0.277. The first kappa shape index (κ1) is 19.5. The highest BCUT2D eigenvalue weighted by Gasteiger charge is 2.10. The molecular formula is C22H24N4O2. The SMILES string of the molecule is O=C(NOCCNCc1ccccc1)c1ccccc1NCc1ccncc1. The van der Waals surface area contributed by atoms with Gasteiger partial charge in [0.05, 0.1) is 12.2 Å². The van der Waals surface area contributed by atoms with Crippen molar-refractivity contribution in [3.63, 3.8) is 0 Å². The summed E-state index contributed by atoms with van der Waals surface area (Å²) in [4.78, 5) is 21.7. The highest BCUT2D eigenvalue weighted by Crippen LogP contribution is 2.16. The summed E-state index contributed by atoms with van der Waals surface area (Å²) in [7, 11) is 0. The van der Waals surface area contributed by atoms with Crippen molar-refractivity contribution in [1.82, 2.24) is 15.8 Å². The molecule has 0 unspecified atom stereocenters. The quantitative estimate of drug-likeness (QED) is 0.374. The molecule has 0 fully saturated rings. The standard InChI is InChI=1S/C22H24N4O2/c27-22(26-28-15-14-24-16-18-6-2-1-3-7-18)20-8-4-5-9-21(20)25-17-19-10-12-23-13-11-19/h1-13,24-25H,14-17H2,(H,26,27). The van der Waals surface area contributed by atoms with Crippen LogP contribution in [-0.2, 0) is 17.9 Å². The van der Waals surface area contributed by atoms with Crippen molar-refractivity contribution in [2.75, 3.05) is 18.5 Å². The zero-order chi connectivity index (χ0) is 19.4. The maximum atomic E-state index is 12.4. The first-order valence-electron chi connectivity index (χ1n) is 9.21. The number of nitrogens with zero attached hydrogens (tertiary/aromatic N) is 1. The molecule has 6 nitrogen and oxygen atoms in total. The summed E-state index contributed by atoms with van der Waals surface area (Å²) in [6, 6.07) is 21.3. The zero-order valence-corrected chi connectivity index (χ0v) is 15.6. The highest BCUT2D eigenvalue weighted by molar-refractivity contribution is 5.98. The molecule has 6 heteroatoms. The van der Waals surface area contributed by atoms with E-state index in [2.05, 4.69) is 33.2 Å². The van der Waals surface area contributed by atoms with E-state index in [0.717, 1.165) is 17.8 Å². The summed E-state index contributed by atoms with van der Waals surface area (Å²) >= 11 is 0. The Bertz CT molecular complexity index is 857. The molecule has 3 rings (SSSR count). The average Bonchev–Trinajstić information content (AvgIpc) is 2.76. The third kappa shape index (κ3) is 6.19. The largest absolute Gasteiger partial charge is 0.380 e. The molecule has 0 spiro atoms. The maximum absolute atomic E-state index is 12.4. The van der Waals surface area contributed by atoms with Crippen LogP contribution in [0.5, 0.6) is 0 Å². The van der Waals surface area contributed by atoms with Crippen LogP contribution in [0.2, 0.25) is 0 Å². The summed E-state index contributed by atoms with van der Waals surface area (Å²) < 4.78 is 0. The lowest BCUT2D eigenvalue weighted by Gasteiger charge is -2.12. The van der Waals surface area contributed by atoms with Gasteiger partial charge in [-0.05, 0) is 35.4 Å². The number of hydrogen-bond acceptors (Lipinski definition) is 5. The Morgan fingerprint density at radius 1 is 0.857 bits per heavy atom. The fraction of sp³-hybridized carbons (Fsp3) is 0.182. The molecule has 1 heterocycles. The molecule has 0 radical (unpaired) electrons. The number of para-hydroxylation sites is 1. The van der Waals surface area contributed by atoms with E-state index in [-0.39, 0.29) is 5.91 Å². The predicted molar refractivity (Wildman–Crippen MR) is 110 cm³/mol. The summed E-state index contributed by atoms with van der Waals surface area (Å²) in [5, 5.41) is 6.55. The molecule has 0 saturated carbocycles. The third-order valence-electron chi connectivity index (χ3n) is 4.12. The van der Waals surface area contributed by atoms with E-state index in [0.29, 0.717) is 25.3 Å². The van der Waals surface area contributed by atoms with Crippen LogP contribution in [0.3, 0.4) is 0 Å². The highest BCUT2D eigenvalue weighted by atomic mass is 16.6. The zero-order valence-electron chi connectivity index (χ0n) is 15.6. The van der Waals surface area contributed by atoms with Crippen molar-refractivity contribution in [2.45, 2.75) is 13.1 Å². The third-order valence-corrected chi connectivity index (χ3v) is 4.12. The number of rotatable bonds is 10. The lowest BCUT2D eigenvalue weighted by atomic mass is 10.1. The Morgan fingerprint density at radius 3 is 2.39 bits per heavy atom. The number of hydroxylamine groups is 1. The molecule has 0 aliphatic heterocycles. The lowest BCUT2D eigenvalue weighted by molar-refractivity contribution is 0.0324. The van der Waals surface area contributed by atoms with E-state index in [1.165, 1.54) is 5.56 Å². The minimum absolute atomic E-state index is 0.277.